The standard InChI is InChI=1S/C23H36N4O/c1-24-23(26-18-12-14-27(15-13-18)19-7-3-4-8-19)25-16-21-20-9-5-2-6-17(20)10-11-22(21)28/h10-11,18-19,28H,2-9,12-16H2,1H3,(H2,24,25,26). The average molecular weight is 385 g/mol. The summed E-state index contributed by atoms with van der Waals surface area (Å²) in [6.45, 7) is 3.04. The molecule has 154 valence electrons. The van der Waals surface area contributed by atoms with Crippen LogP contribution < -0.4 is 10.6 Å². The third kappa shape index (κ3) is 4.45. The number of nitrogens with one attached hydrogen (secondary N) is 2. The molecule has 2 fully saturated rings. The third-order valence-electron chi connectivity index (χ3n) is 6.99. The highest BCUT2D eigenvalue weighted by atomic mass is 16.3. The molecule has 3 aliphatic rings. The monoisotopic (exact) mass is 384 g/mol. The first-order valence-electron chi connectivity index (χ1n) is 11.3. The van der Waals surface area contributed by atoms with Gasteiger partial charge in [-0.3, -0.25) is 4.99 Å². The fourth-order valence-corrected chi connectivity index (χ4v) is 5.33. The Morgan fingerprint density at radius 1 is 1.07 bits per heavy atom. The summed E-state index contributed by atoms with van der Waals surface area (Å²) in [7, 11) is 1.84. The Bertz CT molecular complexity index is 688. The van der Waals surface area contributed by atoms with Crippen LogP contribution in [0, 0.1) is 0 Å². The Morgan fingerprint density at radius 3 is 2.57 bits per heavy atom. The Labute approximate surface area is 169 Å². The predicted octanol–water partition coefficient (Wildman–Crippen LogP) is 3.34. The molecule has 4 rings (SSSR count). The molecular formula is C23H36N4O. The first kappa shape index (κ1) is 19.6. The lowest BCUT2D eigenvalue weighted by atomic mass is 9.88. The summed E-state index contributed by atoms with van der Waals surface area (Å²) in [5, 5.41) is 17.5. The molecule has 3 N–H and O–H groups in total. The second kappa shape index (κ2) is 9.17. The Hall–Kier alpha value is -1.75. The number of benzene rings is 1. The molecule has 0 amide bonds. The summed E-state index contributed by atoms with van der Waals surface area (Å²) in [4.78, 5) is 7.14. The Morgan fingerprint density at radius 2 is 1.82 bits per heavy atom. The fraction of sp³-hybridized carbons (Fsp3) is 0.696. The van der Waals surface area contributed by atoms with Crippen LogP contribution in [-0.2, 0) is 19.4 Å². The molecule has 28 heavy (non-hydrogen) atoms. The van der Waals surface area contributed by atoms with Crippen molar-refractivity contribution < 1.29 is 5.11 Å². The predicted molar refractivity (Wildman–Crippen MR) is 115 cm³/mol. The van der Waals surface area contributed by atoms with E-state index in [0.717, 1.165) is 30.4 Å². The number of phenols is 1. The first-order chi connectivity index (χ1) is 13.7. The van der Waals surface area contributed by atoms with Crippen molar-refractivity contribution in [3.63, 3.8) is 0 Å². The number of aromatic hydroxyl groups is 1. The lowest BCUT2D eigenvalue weighted by molar-refractivity contribution is 0.150. The van der Waals surface area contributed by atoms with Crippen LogP contribution in [0.3, 0.4) is 0 Å². The van der Waals surface area contributed by atoms with Gasteiger partial charge in [-0.15, -0.1) is 0 Å². The lowest BCUT2D eigenvalue weighted by Crippen LogP contribution is -2.50. The van der Waals surface area contributed by atoms with E-state index in [0.29, 0.717) is 18.3 Å². The van der Waals surface area contributed by atoms with Crippen molar-refractivity contribution >= 4 is 5.96 Å². The highest BCUT2D eigenvalue weighted by molar-refractivity contribution is 5.80. The van der Waals surface area contributed by atoms with Gasteiger partial charge in [-0.1, -0.05) is 18.9 Å². The van der Waals surface area contributed by atoms with Crippen LogP contribution in [0.5, 0.6) is 5.75 Å². The molecule has 5 heteroatoms. The number of likely N-dealkylation sites (tertiary alicyclic amines) is 1. The molecular weight excluding hydrogens is 348 g/mol. The Balaban J connectivity index is 1.30. The molecule has 0 radical (unpaired) electrons. The number of piperidine rings is 1. The normalized spacial score (nSPS) is 22.2. The molecule has 2 aliphatic carbocycles. The van der Waals surface area contributed by atoms with Gasteiger partial charge < -0.3 is 20.6 Å². The smallest absolute Gasteiger partial charge is 0.191 e. The van der Waals surface area contributed by atoms with E-state index in [-0.39, 0.29) is 0 Å². The topological polar surface area (TPSA) is 59.9 Å². The molecule has 1 saturated carbocycles. The summed E-state index contributed by atoms with van der Waals surface area (Å²) >= 11 is 0. The molecule has 1 saturated heterocycles. The zero-order valence-electron chi connectivity index (χ0n) is 17.3. The quantitative estimate of drug-likeness (QED) is 0.550. The Kier molecular flexibility index (Phi) is 6.40. The lowest BCUT2D eigenvalue weighted by Gasteiger charge is -2.36. The van der Waals surface area contributed by atoms with Crippen molar-refractivity contribution in [2.45, 2.75) is 82.8 Å². The number of rotatable bonds is 4. The SMILES string of the molecule is CN=C(NCc1c(O)ccc2c1CCCC2)NC1CCN(C2CCCC2)CC1. The van der Waals surface area contributed by atoms with Crippen LogP contribution in [0.25, 0.3) is 0 Å². The zero-order valence-corrected chi connectivity index (χ0v) is 17.3. The fourth-order valence-electron chi connectivity index (χ4n) is 5.33. The van der Waals surface area contributed by atoms with Crippen molar-refractivity contribution in [1.29, 1.82) is 0 Å². The van der Waals surface area contributed by atoms with Gasteiger partial charge in [0.2, 0.25) is 0 Å². The highest BCUT2D eigenvalue weighted by Gasteiger charge is 2.27. The maximum absolute atomic E-state index is 10.4. The van der Waals surface area contributed by atoms with Crippen molar-refractivity contribution in [1.82, 2.24) is 15.5 Å². The van der Waals surface area contributed by atoms with Gasteiger partial charge in [0.05, 0.1) is 0 Å². The average Bonchev–Trinajstić information content (AvgIpc) is 3.27. The minimum absolute atomic E-state index is 0.411. The van der Waals surface area contributed by atoms with E-state index in [2.05, 4.69) is 26.6 Å². The van der Waals surface area contributed by atoms with Gasteiger partial charge in [0.15, 0.2) is 5.96 Å². The maximum Gasteiger partial charge on any atom is 0.191 e. The van der Waals surface area contributed by atoms with Gasteiger partial charge in [-0.25, -0.2) is 0 Å². The molecule has 1 aromatic rings. The number of hydrogen-bond donors (Lipinski definition) is 3. The van der Waals surface area contributed by atoms with Gasteiger partial charge in [0, 0.05) is 44.3 Å². The summed E-state index contributed by atoms with van der Waals surface area (Å²) in [6.07, 6.45) is 12.7. The number of aryl methyl sites for hydroxylation is 1. The molecule has 1 heterocycles. The van der Waals surface area contributed by atoms with E-state index < -0.39 is 0 Å². The summed E-state index contributed by atoms with van der Waals surface area (Å²) in [5.41, 5.74) is 3.80. The van der Waals surface area contributed by atoms with Crippen LogP contribution in [0.1, 0.15) is 68.1 Å². The zero-order chi connectivity index (χ0) is 19.3. The van der Waals surface area contributed by atoms with E-state index >= 15 is 0 Å². The van der Waals surface area contributed by atoms with Crippen LogP contribution in [-0.4, -0.2) is 48.2 Å². The van der Waals surface area contributed by atoms with E-state index in [4.69, 9.17) is 0 Å². The van der Waals surface area contributed by atoms with Gasteiger partial charge in [0.1, 0.15) is 5.75 Å². The van der Waals surface area contributed by atoms with Crippen LogP contribution in [0.2, 0.25) is 0 Å². The number of phenolic OH excluding ortho intramolecular Hbond substituents is 1. The highest BCUT2D eigenvalue weighted by Crippen LogP contribution is 2.30. The largest absolute Gasteiger partial charge is 0.508 e. The molecule has 0 atom stereocenters. The maximum atomic E-state index is 10.4. The first-order valence-corrected chi connectivity index (χ1v) is 11.3. The van der Waals surface area contributed by atoms with Crippen molar-refractivity contribution in [2.75, 3.05) is 20.1 Å². The molecule has 1 aliphatic heterocycles. The molecule has 1 aromatic carbocycles. The van der Waals surface area contributed by atoms with Gasteiger partial charge in [-0.2, -0.15) is 0 Å². The van der Waals surface area contributed by atoms with Gasteiger partial charge in [-0.05, 0) is 68.6 Å². The van der Waals surface area contributed by atoms with Crippen molar-refractivity contribution in [2.24, 2.45) is 4.99 Å². The summed E-state index contributed by atoms with van der Waals surface area (Å²) < 4.78 is 0. The second-order valence-corrected chi connectivity index (χ2v) is 8.73. The summed E-state index contributed by atoms with van der Waals surface area (Å²) in [5.74, 6) is 1.26. The van der Waals surface area contributed by atoms with Crippen LogP contribution in [0.15, 0.2) is 17.1 Å². The minimum atomic E-state index is 0.411. The molecule has 0 spiro atoms. The van der Waals surface area contributed by atoms with E-state index in [1.165, 1.54) is 75.6 Å². The molecule has 5 nitrogen and oxygen atoms in total. The molecule has 0 bridgehead atoms. The summed E-state index contributed by atoms with van der Waals surface area (Å²) in [6, 6.07) is 5.28. The van der Waals surface area contributed by atoms with Crippen molar-refractivity contribution in [3.8, 4) is 5.75 Å². The molecule has 0 aromatic heterocycles. The van der Waals surface area contributed by atoms with E-state index in [1.54, 1.807) is 0 Å². The number of guanidine groups is 1. The van der Waals surface area contributed by atoms with Crippen LogP contribution >= 0.6 is 0 Å². The number of aliphatic imine (C=N–C) groups is 1. The van der Waals surface area contributed by atoms with E-state index in [9.17, 15) is 5.11 Å². The van der Waals surface area contributed by atoms with Crippen LogP contribution in [0.4, 0.5) is 0 Å². The number of hydrogen-bond acceptors (Lipinski definition) is 3. The number of fused-ring (bicyclic) bond motifs is 1. The third-order valence-corrected chi connectivity index (χ3v) is 6.99. The van der Waals surface area contributed by atoms with E-state index in [1.807, 2.05) is 13.1 Å². The van der Waals surface area contributed by atoms with Gasteiger partial charge >= 0.3 is 0 Å². The number of nitrogens with zero attached hydrogens (tertiary/aromatic N) is 2. The minimum Gasteiger partial charge on any atom is -0.508 e. The molecule has 0 unspecified atom stereocenters. The van der Waals surface area contributed by atoms with Gasteiger partial charge in [0.25, 0.3) is 0 Å². The van der Waals surface area contributed by atoms with Crippen molar-refractivity contribution in [3.05, 3.63) is 28.8 Å². The second-order valence-electron chi connectivity index (χ2n) is 8.73.